The third-order valence-electron chi connectivity index (χ3n) is 4.21. The molecule has 1 fully saturated rings. The number of aryl methyl sites for hydroxylation is 4. The highest BCUT2D eigenvalue weighted by Crippen LogP contribution is 2.31. The lowest BCUT2D eigenvalue weighted by Crippen LogP contribution is -2.31. The molecular weight excluding hydrogens is 278 g/mol. The zero-order valence-electron chi connectivity index (χ0n) is 13.3. The Morgan fingerprint density at radius 3 is 2.36 bits per heavy atom. The number of rotatable bonds is 2. The van der Waals surface area contributed by atoms with Crippen molar-refractivity contribution in [2.24, 2.45) is 0 Å². The fourth-order valence-corrected chi connectivity index (χ4v) is 2.90. The molecule has 2 amide bonds. The highest BCUT2D eigenvalue weighted by atomic mass is 16.2. The molecule has 1 saturated heterocycles. The lowest BCUT2D eigenvalue weighted by Gasteiger charge is -2.17. The minimum absolute atomic E-state index is 0.160. The molecule has 2 heterocycles. The summed E-state index contributed by atoms with van der Waals surface area (Å²) in [4.78, 5) is 26.4. The fraction of sp³-hybridized carbons (Fsp3) is 0.353. The van der Waals surface area contributed by atoms with Gasteiger partial charge in [0, 0.05) is 5.69 Å². The van der Waals surface area contributed by atoms with E-state index in [0.717, 1.165) is 22.5 Å². The second-order valence-electron chi connectivity index (χ2n) is 5.93. The smallest absolute Gasteiger partial charge is 0.259 e. The first-order valence-corrected chi connectivity index (χ1v) is 7.35. The maximum atomic E-state index is 12.7. The van der Waals surface area contributed by atoms with Gasteiger partial charge in [-0.2, -0.15) is 5.10 Å². The van der Waals surface area contributed by atoms with Gasteiger partial charge in [0.25, 0.3) is 5.91 Å². The summed E-state index contributed by atoms with van der Waals surface area (Å²) in [6, 6.07) is 7.01. The molecule has 1 aliphatic heterocycles. The van der Waals surface area contributed by atoms with Crippen molar-refractivity contribution in [3.05, 3.63) is 46.8 Å². The standard InChI is InChI=1S/C17H19N3O2/c1-10-5-6-14(7-11(10)2)19-16(21)9-15(17(19)22)20-13(4)8-12(3)18-20/h5-8,15H,9H2,1-4H3/t15-/m1/s1. The molecule has 3 rings (SSSR count). The summed E-state index contributed by atoms with van der Waals surface area (Å²) < 4.78 is 1.66. The number of anilines is 1. The van der Waals surface area contributed by atoms with Crippen LogP contribution in [-0.2, 0) is 9.59 Å². The van der Waals surface area contributed by atoms with Gasteiger partial charge in [-0.1, -0.05) is 6.07 Å². The van der Waals surface area contributed by atoms with Crippen molar-refractivity contribution in [1.29, 1.82) is 0 Å². The second-order valence-corrected chi connectivity index (χ2v) is 5.93. The summed E-state index contributed by atoms with van der Waals surface area (Å²) in [6.07, 6.45) is 0.160. The number of aromatic nitrogens is 2. The van der Waals surface area contributed by atoms with Crippen LogP contribution >= 0.6 is 0 Å². The van der Waals surface area contributed by atoms with Crippen LogP contribution in [0.1, 0.15) is 35.0 Å². The van der Waals surface area contributed by atoms with Crippen LogP contribution in [-0.4, -0.2) is 21.6 Å². The molecule has 1 aliphatic rings. The molecule has 0 unspecified atom stereocenters. The van der Waals surface area contributed by atoms with Crippen molar-refractivity contribution < 1.29 is 9.59 Å². The molecule has 0 spiro atoms. The molecule has 0 N–H and O–H groups in total. The van der Waals surface area contributed by atoms with Crippen LogP contribution in [0.15, 0.2) is 24.3 Å². The SMILES string of the molecule is Cc1cc(C)n([C@@H]2CC(=O)N(c3ccc(C)c(C)c3)C2=O)n1. The van der Waals surface area contributed by atoms with Gasteiger partial charge >= 0.3 is 0 Å². The maximum Gasteiger partial charge on any atom is 0.259 e. The van der Waals surface area contributed by atoms with E-state index < -0.39 is 6.04 Å². The molecule has 22 heavy (non-hydrogen) atoms. The summed E-state index contributed by atoms with van der Waals surface area (Å²) >= 11 is 0. The van der Waals surface area contributed by atoms with Gasteiger partial charge in [0.15, 0.2) is 0 Å². The zero-order chi connectivity index (χ0) is 16.0. The van der Waals surface area contributed by atoms with Gasteiger partial charge in [-0.25, -0.2) is 4.90 Å². The van der Waals surface area contributed by atoms with Crippen LogP contribution in [0.4, 0.5) is 5.69 Å². The predicted molar refractivity (Wildman–Crippen MR) is 83.8 cm³/mol. The van der Waals surface area contributed by atoms with E-state index in [1.165, 1.54) is 4.90 Å². The Balaban J connectivity index is 1.98. The predicted octanol–water partition coefficient (Wildman–Crippen LogP) is 2.62. The lowest BCUT2D eigenvalue weighted by atomic mass is 10.1. The Labute approximate surface area is 129 Å². The molecule has 5 heteroatoms. The molecule has 0 saturated carbocycles. The number of amides is 2. The summed E-state index contributed by atoms with van der Waals surface area (Å²) in [6.45, 7) is 7.76. The van der Waals surface area contributed by atoms with Gasteiger partial charge in [-0.15, -0.1) is 0 Å². The Hall–Kier alpha value is -2.43. The number of imide groups is 1. The van der Waals surface area contributed by atoms with Crippen molar-refractivity contribution in [2.75, 3.05) is 4.90 Å². The number of nitrogens with zero attached hydrogens (tertiary/aromatic N) is 3. The largest absolute Gasteiger partial charge is 0.274 e. The van der Waals surface area contributed by atoms with Crippen LogP contribution in [0.5, 0.6) is 0 Å². The minimum Gasteiger partial charge on any atom is -0.274 e. The Bertz CT molecular complexity index is 776. The topological polar surface area (TPSA) is 55.2 Å². The van der Waals surface area contributed by atoms with Gasteiger partial charge < -0.3 is 0 Å². The molecular formula is C17H19N3O2. The van der Waals surface area contributed by atoms with E-state index in [-0.39, 0.29) is 18.2 Å². The Morgan fingerprint density at radius 2 is 1.77 bits per heavy atom. The van der Waals surface area contributed by atoms with Gasteiger partial charge in [0.2, 0.25) is 5.91 Å². The van der Waals surface area contributed by atoms with Crippen LogP contribution < -0.4 is 4.90 Å². The molecule has 1 aromatic carbocycles. The van der Waals surface area contributed by atoms with Crippen LogP contribution in [0.2, 0.25) is 0 Å². The number of hydrogen-bond acceptors (Lipinski definition) is 3. The van der Waals surface area contributed by atoms with Gasteiger partial charge in [0.1, 0.15) is 6.04 Å². The molecule has 5 nitrogen and oxygen atoms in total. The fourth-order valence-electron chi connectivity index (χ4n) is 2.90. The van der Waals surface area contributed by atoms with E-state index in [4.69, 9.17) is 0 Å². The molecule has 2 aromatic rings. The quantitative estimate of drug-likeness (QED) is 0.801. The maximum absolute atomic E-state index is 12.7. The first-order valence-electron chi connectivity index (χ1n) is 7.35. The van der Waals surface area contributed by atoms with Crippen LogP contribution in [0, 0.1) is 27.7 Å². The summed E-state index contributed by atoms with van der Waals surface area (Å²) in [5.74, 6) is -0.384. The minimum atomic E-state index is -0.539. The number of hydrogen-bond donors (Lipinski definition) is 0. The Morgan fingerprint density at radius 1 is 1.05 bits per heavy atom. The third-order valence-corrected chi connectivity index (χ3v) is 4.21. The van der Waals surface area contributed by atoms with Crippen molar-refractivity contribution in [1.82, 2.24) is 9.78 Å². The van der Waals surface area contributed by atoms with Crippen LogP contribution in [0.25, 0.3) is 0 Å². The lowest BCUT2D eigenvalue weighted by molar-refractivity contribution is -0.122. The summed E-state index contributed by atoms with van der Waals surface area (Å²) in [5, 5.41) is 4.35. The molecule has 1 aromatic heterocycles. The van der Waals surface area contributed by atoms with Gasteiger partial charge in [-0.05, 0) is 57.0 Å². The van der Waals surface area contributed by atoms with Crippen molar-refractivity contribution in [2.45, 2.75) is 40.2 Å². The zero-order valence-corrected chi connectivity index (χ0v) is 13.3. The highest BCUT2D eigenvalue weighted by Gasteiger charge is 2.41. The first kappa shape index (κ1) is 14.5. The number of benzene rings is 1. The van der Waals surface area contributed by atoms with E-state index in [1.54, 1.807) is 4.68 Å². The molecule has 0 radical (unpaired) electrons. The molecule has 1 atom stereocenters. The van der Waals surface area contributed by atoms with Gasteiger partial charge in [-0.3, -0.25) is 14.3 Å². The third kappa shape index (κ3) is 2.22. The van der Waals surface area contributed by atoms with E-state index in [2.05, 4.69) is 5.10 Å². The van der Waals surface area contributed by atoms with E-state index in [9.17, 15) is 9.59 Å². The van der Waals surface area contributed by atoms with E-state index in [1.807, 2.05) is 52.0 Å². The van der Waals surface area contributed by atoms with Crippen molar-refractivity contribution in [3.8, 4) is 0 Å². The number of carbonyl (C=O) groups is 2. The monoisotopic (exact) mass is 297 g/mol. The highest BCUT2D eigenvalue weighted by molar-refractivity contribution is 6.21. The normalized spacial score (nSPS) is 18.4. The van der Waals surface area contributed by atoms with Crippen molar-refractivity contribution >= 4 is 17.5 Å². The summed E-state index contributed by atoms with van der Waals surface area (Å²) in [5.41, 5.74) is 4.58. The van der Waals surface area contributed by atoms with Crippen molar-refractivity contribution in [3.63, 3.8) is 0 Å². The molecule has 0 aliphatic carbocycles. The Kier molecular flexibility index (Phi) is 3.35. The van der Waals surface area contributed by atoms with E-state index in [0.29, 0.717) is 5.69 Å². The first-order chi connectivity index (χ1) is 10.4. The second kappa shape index (κ2) is 5.09. The summed E-state index contributed by atoms with van der Waals surface area (Å²) in [7, 11) is 0. The van der Waals surface area contributed by atoms with Gasteiger partial charge in [0.05, 0.1) is 17.8 Å². The molecule has 114 valence electrons. The van der Waals surface area contributed by atoms with Crippen LogP contribution in [0.3, 0.4) is 0 Å². The van der Waals surface area contributed by atoms with E-state index >= 15 is 0 Å². The number of carbonyl (C=O) groups excluding carboxylic acids is 2. The average molecular weight is 297 g/mol. The average Bonchev–Trinajstić information content (AvgIpc) is 2.92. The molecule has 0 bridgehead atoms.